The summed E-state index contributed by atoms with van der Waals surface area (Å²) in [5.41, 5.74) is 1.55. The van der Waals surface area contributed by atoms with Crippen molar-refractivity contribution in [3.8, 4) is 0 Å². The highest BCUT2D eigenvalue weighted by atomic mass is 32.2. The number of nitrogens with zero attached hydrogens (tertiary/aromatic N) is 1. The number of carbonyl (C=O) groups is 1. The van der Waals surface area contributed by atoms with Crippen molar-refractivity contribution in [2.24, 2.45) is 0 Å². The normalized spacial score (nSPS) is 16.1. The number of hydrogen-bond donors (Lipinski definition) is 3. The van der Waals surface area contributed by atoms with Gasteiger partial charge in [0.15, 0.2) is 0 Å². The van der Waals surface area contributed by atoms with Crippen molar-refractivity contribution in [1.82, 2.24) is 15.5 Å². The van der Waals surface area contributed by atoms with Crippen molar-refractivity contribution in [1.29, 1.82) is 0 Å². The van der Waals surface area contributed by atoms with E-state index in [9.17, 15) is 13.2 Å². The second-order valence-corrected chi connectivity index (χ2v) is 7.52. The highest BCUT2D eigenvalue weighted by Crippen LogP contribution is 2.18. The molecule has 1 aromatic rings. The molecule has 0 radical (unpaired) electrons. The van der Waals surface area contributed by atoms with Gasteiger partial charge in [0, 0.05) is 39.3 Å². The van der Waals surface area contributed by atoms with Crippen LogP contribution >= 0.6 is 0 Å². The predicted molar refractivity (Wildman–Crippen MR) is 91.3 cm³/mol. The Balaban J connectivity index is 1.98. The smallest absolute Gasteiger partial charge is 0.253 e. The maximum atomic E-state index is 12.4. The van der Waals surface area contributed by atoms with Crippen LogP contribution in [0.25, 0.3) is 0 Å². The van der Waals surface area contributed by atoms with E-state index >= 15 is 0 Å². The van der Waals surface area contributed by atoms with Crippen molar-refractivity contribution in [2.45, 2.75) is 6.92 Å². The molecule has 2 rings (SSSR count). The molecule has 8 heteroatoms. The first kappa shape index (κ1) is 17.7. The number of nitrogens with one attached hydrogen (secondary N) is 3. The summed E-state index contributed by atoms with van der Waals surface area (Å²) in [6, 6.07) is 5.07. The Morgan fingerprint density at radius 2 is 2.00 bits per heavy atom. The van der Waals surface area contributed by atoms with Gasteiger partial charge >= 0.3 is 0 Å². The van der Waals surface area contributed by atoms with E-state index in [4.69, 9.17) is 0 Å². The van der Waals surface area contributed by atoms with Crippen LogP contribution in [0.1, 0.15) is 15.9 Å². The largest absolute Gasteiger partial charge is 0.351 e. The van der Waals surface area contributed by atoms with Gasteiger partial charge in [-0.1, -0.05) is 11.6 Å². The quantitative estimate of drug-likeness (QED) is 0.678. The topological polar surface area (TPSA) is 90.5 Å². The molecule has 1 saturated heterocycles. The number of aryl methyl sites for hydroxylation is 1. The molecule has 1 aliphatic heterocycles. The minimum absolute atomic E-state index is 0.269. The number of benzene rings is 1. The van der Waals surface area contributed by atoms with Crippen LogP contribution in [0.2, 0.25) is 0 Å². The third kappa shape index (κ3) is 5.81. The van der Waals surface area contributed by atoms with Gasteiger partial charge < -0.3 is 10.6 Å². The van der Waals surface area contributed by atoms with Crippen LogP contribution in [0.15, 0.2) is 18.2 Å². The van der Waals surface area contributed by atoms with Crippen molar-refractivity contribution >= 4 is 21.6 Å². The summed E-state index contributed by atoms with van der Waals surface area (Å²) < 4.78 is 25.2. The first-order valence-electron chi connectivity index (χ1n) is 7.65. The lowest BCUT2D eigenvalue weighted by Gasteiger charge is -2.27. The molecule has 1 aromatic carbocycles. The van der Waals surface area contributed by atoms with Gasteiger partial charge in [-0.05, 0) is 19.1 Å². The Bertz CT molecular complexity index is 655. The predicted octanol–water partition coefficient (Wildman–Crippen LogP) is 0.00152. The summed E-state index contributed by atoms with van der Waals surface area (Å²) in [7, 11) is -3.43. The molecule has 23 heavy (non-hydrogen) atoms. The van der Waals surface area contributed by atoms with Crippen LogP contribution in [0.4, 0.5) is 5.69 Å². The number of sulfonamides is 1. The van der Waals surface area contributed by atoms with Crippen LogP contribution in [0.5, 0.6) is 0 Å². The molecule has 0 bridgehead atoms. The van der Waals surface area contributed by atoms with Crippen molar-refractivity contribution in [3.05, 3.63) is 29.3 Å². The maximum Gasteiger partial charge on any atom is 0.253 e. The van der Waals surface area contributed by atoms with Gasteiger partial charge in [-0.3, -0.25) is 14.4 Å². The van der Waals surface area contributed by atoms with Gasteiger partial charge in [0.05, 0.1) is 17.5 Å². The molecule has 0 aromatic heterocycles. The zero-order valence-corrected chi connectivity index (χ0v) is 14.4. The summed E-state index contributed by atoms with van der Waals surface area (Å²) in [5.74, 6) is -0.269. The fourth-order valence-corrected chi connectivity index (χ4v) is 3.07. The Morgan fingerprint density at radius 3 is 2.65 bits per heavy atom. The van der Waals surface area contributed by atoms with E-state index in [1.807, 2.05) is 6.92 Å². The van der Waals surface area contributed by atoms with Crippen LogP contribution in [-0.2, 0) is 10.0 Å². The van der Waals surface area contributed by atoms with Crippen molar-refractivity contribution in [3.63, 3.8) is 0 Å². The molecular formula is C15H24N4O3S. The molecule has 0 saturated carbocycles. The number of piperazine rings is 1. The van der Waals surface area contributed by atoms with Gasteiger partial charge in [-0.2, -0.15) is 0 Å². The van der Waals surface area contributed by atoms with Crippen molar-refractivity contribution < 1.29 is 13.2 Å². The van der Waals surface area contributed by atoms with Crippen LogP contribution < -0.4 is 15.4 Å². The maximum absolute atomic E-state index is 12.4. The molecule has 128 valence electrons. The van der Waals surface area contributed by atoms with E-state index < -0.39 is 10.0 Å². The average Bonchev–Trinajstić information content (AvgIpc) is 2.49. The molecule has 0 aliphatic carbocycles. The molecule has 1 heterocycles. The second kappa shape index (κ2) is 7.76. The van der Waals surface area contributed by atoms with Gasteiger partial charge in [-0.25, -0.2) is 8.42 Å². The average molecular weight is 340 g/mol. The highest BCUT2D eigenvalue weighted by Gasteiger charge is 2.15. The molecule has 3 N–H and O–H groups in total. The fraction of sp³-hybridized carbons (Fsp3) is 0.533. The second-order valence-electron chi connectivity index (χ2n) is 5.77. The van der Waals surface area contributed by atoms with E-state index in [1.54, 1.807) is 18.2 Å². The molecule has 7 nitrogen and oxygen atoms in total. The summed E-state index contributed by atoms with van der Waals surface area (Å²) in [5, 5.41) is 6.14. The van der Waals surface area contributed by atoms with Gasteiger partial charge in [0.25, 0.3) is 5.91 Å². The van der Waals surface area contributed by atoms with E-state index in [1.165, 1.54) is 0 Å². The highest BCUT2D eigenvalue weighted by molar-refractivity contribution is 7.92. The Kier molecular flexibility index (Phi) is 5.97. The molecule has 1 aliphatic rings. The Morgan fingerprint density at radius 1 is 1.30 bits per heavy atom. The summed E-state index contributed by atoms with van der Waals surface area (Å²) >= 11 is 0. The number of rotatable bonds is 6. The lowest BCUT2D eigenvalue weighted by atomic mass is 10.1. The van der Waals surface area contributed by atoms with Gasteiger partial charge in [-0.15, -0.1) is 0 Å². The SMILES string of the molecule is Cc1ccc(NS(C)(=O)=O)c(C(=O)NCCN2CCNCC2)c1. The van der Waals surface area contributed by atoms with E-state index in [0.717, 1.165) is 44.5 Å². The minimum atomic E-state index is -3.43. The molecule has 1 amide bonds. The molecule has 0 spiro atoms. The monoisotopic (exact) mass is 340 g/mol. The molecular weight excluding hydrogens is 316 g/mol. The number of carbonyl (C=O) groups excluding carboxylic acids is 1. The van der Waals surface area contributed by atoms with Gasteiger partial charge in [0.1, 0.15) is 0 Å². The lowest BCUT2D eigenvalue weighted by Crippen LogP contribution is -2.46. The zero-order valence-electron chi connectivity index (χ0n) is 13.6. The standard InChI is InChI=1S/C15H24N4O3S/c1-12-3-4-14(18-23(2,21)22)13(11-12)15(20)17-7-10-19-8-5-16-6-9-19/h3-4,11,16,18H,5-10H2,1-2H3,(H,17,20). The van der Waals surface area contributed by atoms with Gasteiger partial charge in [0.2, 0.25) is 10.0 Å². The van der Waals surface area contributed by atoms with E-state index in [0.29, 0.717) is 17.8 Å². The first-order chi connectivity index (χ1) is 10.8. The Hall–Kier alpha value is -1.64. The van der Waals surface area contributed by atoms with Crippen molar-refractivity contribution in [2.75, 3.05) is 50.2 Å². The summed E-state index contributed by atoms with van der Waals surface area (Å²) in [6.07, 6.45) is 1.07. The van der Waals surface area contributed by atoms with E-state index in [-0.39, 0.29) is 5.91 Å². The first-order valence-corrected chi connectivity index (χ1v) is 9.54. The van der Waals surface area contributed by atoms with E-state index in [2.05, 4.69) is 20.3 Å². The summed E-state index contributed by atoms with van der Waals surface area (Å²) in [6.45, 7) is 7.06. The minimum Gasteiger partial charge on any atom is -0.351 e. The number of anilines is 1. The molecule has 0 atom stereocenters. The third-order valence-electron chi connectivity index (χ3n) is 3.64. The number of hydrogen-bond acceptors (Lipinski definition) is 5. The molecule has 1 fully saturated rings. The van der Waals surface area contributed by atoms with Crippen LogP contribution in [0, 0.1) is 6.92 Å². The third-order valence-corrected chi connectivity index (χ3v) is 4.23. The van der Waals surface area contributed by atoms with Crippen LogP contribution in [0.3, 0.4) is 0 Å². The number of amides is 1. The van der Waals surface area contributed by atoms with Crippen LogP contribution in [-0.4, -0.2) is 64.7 Å². The Labute approximate surface area is 137 Å². The fourth-order valence-electron chi connectivity index (χ4n) is 2.49. The zero-order chi connectivity index (χ0) is 16.9. The lowest BCUT2D eigenvalue weighted by molar-refractivity contribution is 0.0948. The molecule has 0 unspecified atom stereocenters. The summed E-state index contributed by atoms with van der Waals surface area (Å²) in [4.78, 5) is 14.6.